The van der Waals surface area contributed by atoms with Crippen molar-refractivity contribution in [2.45, 2.75) is 25.3 Å². The normalized spacial score (nSPS) is 15.1. The van der Waals surface area contributed by atoms with Crippen LogP contribution in [0, 0.1) is 0 Å². The monoisotopic (exact) mass is 286 g/mol. The maximum absolute atomic E-state index is 11.2. The molecule has 88 valence electrons. The topological polar surface area (TPSA) is 69.8 Å². The second-order valence-corrected chi connectivity index (χ2v) is 4.70. The number of halogens is 1. The molecule has 1 aromatic rings. The summed E-state index contributed by atoms with van der Waals surface area (Å²) in [5, 5.41) is 6.56. The summed E-state index contributed by atoms with van der Waals surface area (Å²) in [7, 11) is 0. The van der Waals surface area contributed by atoms with Gasteiger partial charge in [-0.05, 0) is 41.7 Å². The molecule has 1 heterocycles. The number of anilines is 1. The quantitative estimate of drug-likeness (QED) is 0.685. The maximum atomic E-state index is 11.2. The number of hydrogen-bond donors (Lipinski definition) is 3. The third-order valence-electron chi connectivity index (χ3n) is 2.45. The molecule has 0 bridgehead atoms. The van der Waals surface area contributed by atoms with Gasteiger partial charge in [-0.1, -0.05) is 0 Å². The lowest BCUT2D eigenvalue weighted by Gasteiger charge is -2.06. The standard InChI is InChI=1S/C10H15BrN4O/c11-8-9(14-6-15-10(8)16)13-5-1-4-12-7-2-3-7/h6-7,12H,1-5H2,(H2,13,14,15,16). The van der Waals surface area contributed by atoms with Gasteiger partial charge in [-0.25, -0.2) is 4.98 Å². The number of H-pyrrole nitrogens is 1. The Morgan fingerprint density at radius 3 is 3.06 bits per heavy atom. The third kappa shape index (κ3) is 3.31. The van der Waals surface area contributed by atoms with E-state index in [-0.39, 0.29) is 5.56 Å². The van der Waals surface area contributed by atoms with Crippen LogP contribution >= 0.6 is 15.9 Å². The van der Waals surface area contributed by atoms with E-state index >= 15 is 0 Å². The van der Waals surface area contributed by atoms with E-state index in [0.717, 1.165) is 25.6 Å². The molecule has 0 aromatic carbocycles. The van der Waals surface area contributed by atoms with Gasteiger partial charge in [-0.15, -0.1) is 0 Å². The summed E-state index contributed by atoms with van der Waals surface area (Å²) in [5.74, 6) is 0.607. The molecule has 1 aromatic heterocycles. The predicted octanol–water partition coefficient (Wildman–Crippen LogP) is 1.09. The van der Waals surface area contributed by atoms with E-state index in [1.807, 2.05) is 0 Å². The van der Waals surface area contributed by atoms with Crippen LogP contribution in [0.25, 0.3) is 0 Å². The Labute approximate surface area is 102 Å². The third-order valence-corrected chi connectivity index (χ3v) is 3.19. The van der Waals surface area contributed by atoms with Gasteiger partial charge in [0.2, 0.25) is 0 Å². The molecule has 16 heavy (non-hydrogen) atoms. The van der Waals surface area contributed by atoms with E-state index in [1.165, 1.54) is 19.2 Å². The molecule has 0 atom stereocenters. The molecule has 1 aliphatic carbocycles. The van der Waals surface area contributed by atoms with Crippen LogP contribution < -0.4 is 16.2 Å². The lowest BCUT2D eigenvalue weighted by molar-refractivity contribution is 0.658. The number of nitrogens with zero attached hydrogens (tertiary/aromatic N) is 1. The molecular formula is C10H15BrN4O. The predicted molar refractivity (Wildman–Crippen MR) is 66.7 cm³/mol. The molecule has 5 nitrogen and oxygen atoms in total. The van der Waals surface area contributed by atoms with Gasteiger partial charge in [0.1, 0.15) is 10.3 Å². The molecule has 0 radical (unpaired) electrons. The zero-order valence-corrected chi connectivity index (χ0v) is 10.5. The van der Waals surface area contributed by atoms with Crippen LogP contribution in [-0.2, 0) is 0 Å². The van der Waals surface area contributed by atoms with Gasteiger partial charge in [0.05, 0.1) is 6.33 Å². The summed E-state index contributed by atoms with van der Waals surface area (Å²) in [6.45, 7) is 1.83. The summed E-state index contributed by atoms with van der Waals surface area (Å²) >= 11 is 3.20. The number of aromatic nitrogens is 2. The van der Waals surface area contributed by atoms with E-state index in [9.17, 15) is 4.79 Å². The van der Waals surface area contributed by atoms with E-state index in [4.69, 9.17) is 0 Å². The van der Waals surface area contributed by atoms with E-state index in [2.05, 4.69) is 36.5 Å². The number of hydrogen-bond acceptors (Lipinski definition) is 4. The van der Waals surface area contributed by atoms with Crippen molar-refractivity contribution in [3.8, 4) is 0 Å². The Morgan fingerprint density at radius 1 is 1.50 bits per heavy atom. The lowest BCUT2D eigenvalue weighted by atomic mass is 10.4. The Hall–Kier alpha value is -0.880. The minimum Gasteiger partial charge on any atom is -0.369 e. The summed E-state index contributed by atoms with van der Waals surface area (Å²) in [4.78, 5) is 17.8. The molecule has 2 rings (SSSR count). The summed E-state index contributed by atoms with van der Waals surface area (Å²) < 4.78 is 0.463. The molecule has 1 aliphatic rings. The van der Waals surface area contributed by atoms with Crippen molar-refractivity contribution in [3.63, 3.8) is 0 Å². The van der Waals surface area contributed by atoms with Crippen molar-refractivity contribution in [1.82, 2.24) is 15.3 Å². The first-order valence-corrected chi connectivity index (χ1v) is 6.27. The highest BCUT2D eigenvalue weighted by Gasteiger charge is 2.19. The Morgan fingerprint density at radius 2 is 2.31 bits per heavy atom. The Kier molecular flexibility index (Phi) is 3.95. The number of rotatable bonds is 6. The first kappa shape index (κ1) is 11.6. The van der Waals surface area contributed by atoms with Crippen LogP contribution in [0.2, 0.25) is 0 Å². The second-order valence-electron chi connectivity index (χ2n) is 3.90. The zero-order valence-electron chi connectivity index (χ0n) is 8.92. The smallest absolute Gasteiger partial charge is 0.267 e. The highest BCUT2D eigenvalue weighted by Crippen LogP contribution is 2.18. The van der Waals surface area contributed by atoms with E-state index in [0.29, 0.717) is 10.3 Å². The minimum absolute atomic E-state index is 0.159. The molecule has 1 saturated carbocycles. The Bertz CT molecular complexity index is 402. The van der Waals surface area contributed by atoms with Crippen LogP contribution in [0.15, 0.2) is 15.6 Å². The lowest BCUT2D eigenvalue weighted by Crippen LogP contribution is -2.20. The van der Waals surface area contributed by atoms with Crippen LogP contribution in [-0.4, -0.2) is 29.1 Å². The molecule has 1 fully saturated rings. The van der Waals surface area contributed by atoms with E-state index < -0.39 is 0 Å². The molecule has 0 saturated heterocycles. The van der Waals surface area contributed by atoms with Crippen LogP contribution in [0.4, 0.5) is 5.82 Å². The number of nitrogens with one attached hydrogen (secondary N) is 3. The van der Waals surface area contributed by atoms with Gasteiger partial charge in [0, 0.05) is 12.6 Å². The van der Waals surface area contributed by atoms with E-state index in [1.54, 1.807) is 0 Å². The van der Waals surface area contributed by atoms with Gasteiger partial charge in [-0.2, -0.15) is 0 Å². The van der Waals surface area contributed by atoms with Crippen molar-refractivity contribution in [3.05, 3.63) is 21.2 Å². The van der Waals surface area contributed by atoms with Crippen LogP contribution in [0.3, 0.4) is 0 Å². The van der Waals surface area contributed by atoms with Crippen LogP contribution in [0.5, 0.6) is 0 Å². The summed E-state index contributed by atoms with van der Waals surface area (Å²) in [6, 6.07) is 0.754. The first-order chi connectivity index (χ1) is 7.77. The van der Waals surface area contributed by atoms with Gasteiger partial charge in [-0.3, -0.25) is 4.79 Å². The fourth-order valence-electron chi connectivity index (χ4n) is 1.40. The molecule has 6 heteroatoms. The highest BCUT2D eigenvalue weighted by atomic mass is 79.9. The van der Waals surface area contributed by atoms with Crippen molar-refractivity contribution in [2.75, 3.05) is 18.4 Å². The molecule has 0 aliphatic heterocycles. The maximum Gasteiger partial charge on any atom is 0.267 e. The van der Waals surface area contributed by atoms with Crippen molar-refractivity contribution in [1.29, 1.82) is 0 Å². The fourth-order valence-corrected chi connectivity index (χ4v) is 1.75. The second kappa shape index (κ2) is 5.45. The Balaban J connectivity index is 1.71. The minimum atomic E-state index is -0.159. The van der Waals surface area contributed by atoms with Gasteiger partial charge < -0.3 is 15.6 Å². The molecule has 0 amide bonds. The molecular weight excluding hydrogens is 272 g/mol. The molecule has 3 N–H and O–H groups in total. The van der Waals surface area contributed by atoms with Crippen molar-refractivity contribution in [2.24, 2.45) is 0 Å². The van der Waals surface area contributed by atoms with Crippen molar-refractivity contribution >= 4 is 21.7 Å². The molecule has 0 spiro atoms. The average Bonchev–Trinajstić information content (AvgIpc) is 3.07. The van der Waals surface area contributed by atoms with Crippen LogP contribution in [0.1, 0.15) is 19.3 Å². The summed E-state index contributed by atoms with van der Waals surface area (Å²) in [5.41, 5.74) is -0.159. The average molecular weight is 287 g/mol. The SMILES string of the molecule is O=c1[nH]cnc(NCCCNC2CC2)c1Br. The first-order valence-electron chi connectivity index (χ1n) is 5.48. The zero-order chi connectivity index (χ0) is 11.4. The molecule has 0 unspecified atom stereocenters. The van der Waals surface area contributed by atoms with Gasteiger partial charge in [0.25, 0.3) is 5.56 Å². The van der Waals surface area contributed by atoms with Crippen molar-refractivity contribution < 1.29 is 0 Å². The van der Waals surface area contributed by atoms with Gasteiger partial charge >= 0.3 is 0 Å². The largest absolute Gasteiger partial charge is 0.369 e. The van der Waals surface area contributed by atoms with Gasteiger partial charge in [0.15, 0.2) is 0 Å². The fraction of sp³-hybridized carbons (Fsp3) is 0.600. The highest BCUT2D eigenvalue weighted by molar-refractivity contribution is 9.10. The number of aromatic amines is 1. The summed E-state index contributed by atoms with van der Waals surface area (Å²) in [6.07, 6.45) is 5.05.